The fourth-order valence-electron chi connectivity index (χ4n) is 2.16. The largest absolute Gasteiger partial charge is 0.494 e. The van der Waals surface area contributed by atoms with Gasteiger partial charge in [-0.15, -0.1) is 0 Å². The molecule has 0 radical (unpaired) electrons. The van der Waals surface area contributed by atoms with Crippen molar-refractivity contribution in [3.63, 3.8) is 0 Å². The number of ether oxygens (including phenoxy) is 1. The molecule has 0 amide bonds. The van der Waals surface area contributed by atoms with E-state index < -0.39 is 7.12 Å². The van der Waals surface area contributed by atoms with E-state index >= 15 is 0 Å². The van der Waals surface area contributed by atoms with Gasteiger partial charge in [0.1, 0.15) is 6.61 Å². The van der Waals surface area contributed by atoms with Crippen LogP contribution in [0.4, 0.5) is 0 Å². The lowest BCUT2D eigenvalue weighted by Gasteiger charge is -2.32. The Labute approximate surface area is 157 Å². The second-order valence-corrected chi connectivity index (χ2v) is 9.42. The lowest BCUT2D eigenvalue weighted by Crippen LogP contribution is -2.41. The van der Waals surface area contributed by atoms with Crippen molar-refractivity contribution in [2.24, 2.45) is 0 Å². The van der Waals surface area contributed by atoms with E-state index in [-0.39, 0.29) is 23.8 Å². The van der Waals surface area contributed by atoms with Crippen molar-refractivity contribution in [1.82, 2.24) is 0 Å². The van der Waals surface area contributed by atoms with Crippen molar-refractivity contribution in [3.8, 4) is 0 Å². The monoisotopic (exact) mass is 384 g/mol. The molecule has 1 heterocycles. The molecule has 2 rings (SSSR count). The van der Waals surface area contributed by atoms with Gasteiger partial charge in [0, 0.05) is 11.5 Å². The van der Waals surface area contributed by atoms with Gasteiger partial charge in [-0.25, -0.2) is 4.79 Å². The summed E-state index contributed by atoms with van der Waals surface area (Å²) in [5.41, 5.74) is 0.613. The smallest absolute Gasteiger partial charge is 0.461 e. The molecule has 0 saturated carbocycles. The molecule has 0 unspecified atom stereocenters. The second-order valence-electron chi connectivity index (χ2n) is 6.71. The van der Waals surface area contributed by atoms with Gasteiger partial charge in [0.2, 0.25) is 0 Å². The van der Waals surface area contributed by atoms with Crippen LogP contribution in [0.3, 0.4) is 0 Å². The normalized spacial score (nSPS) is 18.4. The summed E-state index contributed by atoms with van der Waals surface area (Å²) < 4.78 is 17.2. The van der Waals surface area contributed by atoms with Gasteiger partial charge in [-0.05, 0) is 45.3 Å². The fraction of sp³-hybridized carbons (Fsp3) is 0.588. The lowest BCUT2D eigenvalue weighted by molar-refractivity contribution is 0.00578. The van der Waals surface area contributed by atoms with Crippen LogP contribution in [0.25, 0.3) is 0 Å². The summed E-state index contributed by atoms with van der Waals surface area (Å²) >= 11 is 0. The Balaban J connectivity index is 1.85. The Morgan fingerprint density at radius 3 is 2.20 bits per heavy atom. The van der Waals surface area contributed by atoms with Crippen molar-refractivity contribution in [2.75, 3.05) is 24.7 Å². The zero-order valence-corrected chi connectivity index (χ0v) is 16.7. The zero-order chi connectivity index (χ0) is 18.5. The van der Waals surface area contributed by atoms with Crippen LogP contribution in [-0.4, -0.2) is 54.1 Å². The van der Waals surface area contributed by atoms with E-state index in [0.717, 1.165) is 5.46 Å². The quantitative estimate of drug-likeness (QED) is 0.320. The van der Waals surface area contributed by atoms with Crippen LogP contribution in [0.2, 0.25) is 0 Å². The van der Waals surface area contributed by atoms with Crippen LogP contribution in [0, 0.1) is 0 Å². The third-order valence-corrected chi connectivity index (χ3v) is 6.68. The van der Waals surface area contributed by atoms with Crippen molar-refractivity contribution >= 4 is 40.1 Å². The van der Waals surface area contributed by atoms with Gasteiger partial charge in [-0.1, -0.05) is 33.7 Å². The highest BCUT2D eigenvalue weighted by atomic mass is 33.1. The topological polar surface area (TPSA) is 65.0 Å². The summed E-state index contributed by atoms with van der Waals surface area (Å²) in [5, 5.41) is 8.68. The predicted molar refractivity (Wildman–Crippen MR) is 104 cm³/mol. The van der Waals surface area contributed by atoms with Gasteiger partial charge in [0.25, 0.3) is 0 Å². The number of carbonyl (C=O) groups is 1. The zero-order valence-electron chi connectivity index (χ0n) is 15.1. The number of esters is 1. The SMILES string of the molecule is CC1(C)OB(c2ccc(C(=O)OCCSSCCO)cc2)OC1(C)C. The van der Waals surface area contributed by atoms with Gasteiger partial charge in [0.05, 0.1) is 23.4 Å². The van der Waals surface area contributed by atoms with Crippen molar-refractivity contribution < 1.29 is 23.9 Å². The highest BCUT2D eigenvalue weighted by molar-refractivity contribution is 8.76. The van der Waals surface area contributed by atoms with E-state index in [1.165, 1.54) is 0 Å². The van der Waals surface area contributed by atoms with Crippen LogP contribution in [0.5, 0.6) is 0 Å². The van der Waals surface area contributed by atoms with E-state index in [2.05, 4.69) is 0 Å². The molecule has 5 nitrogen and oxygen atoms in total. The predicted octanol–water partition coefficient (Wildman–Crippen LogP) is 2.52. The summed E-state index contributed by atoms with van der Waals surface area (Å²) in [4.78, 5) is 12.0. The van der Waals surface area contributed by atoms with E-state index in [9.17, 15) is 4.79 Å². The van der Waals surface area contributed by atoms with Crippen molar-refractivity contribution in [1.29, 1.82) is 0 Å². The number of carbonyl (C=O) groups excluding carboxylic acids is 1. The highest BCUT2D eigenvalue weighted by Gasteiger charge is 2.51. The van der Waals surface area contributed by atoms with E-state index in [4.69, 9.17) is 19.2 Å². The summed E-state index contributed by atoms with van der Waals surface area (Å²) in [6.07, 6.45) is 0. The summed E-state index contributed by atoms with van der Waals surface area (Å²) in [7, 11) is 2.71. The third kappa shape index (κ3) is 5.40. The molecular formula is C17H25BO5S2. The average molecular weight is 384 g/mol. The van der Waals surface area contributed by atoms with Gasteiger partial charge in [-0.2, -0.15) is 0 Å². The molecule has 1 aromatic carbocycles. The number of benzene rings is 1. The maximum atomic E-state index is 12.0. The first kappa shape index (κ1) is 20.6. The Hall–Kier alpha value is -0.665. The second kappa shape index (κ2) is 8.82. The van der Waals surface area contributed by atoms with Crippen LogP contribution in [0.1, 0.15) is 38.1 Å². The van der Waals surface area contributed by atoms with Crippen LogP contribution in [0.15, 0.2) is 24.3 Å². The molecular weight excluding hydrogens is 359 g/mol. The minimum Gasteiger partial charge on any atom is -0.461 e. The van der Waals surface area contributed by atoms with E-state index in [1.807, 2.05) is 39.8 Å². The minimum atomic E-state index is -0.435. The minimum absolute atomic E-state index is 0.159. The van der Waals surface area contributed by atoms with Crippen LogP contribution in [-0.2, 0) is 14.0 Å². The number of rotatable bonds is 8. The Bertz CT molecular complexity index is 561. The Morgan fingerprint density at radius 1 is 1.08 bits per heavy atom. The molecule has 0 aromatic heterocycles. The highest BCUT2D eigenvalue weighted by Crippen LogP contribution is 2.36. The standard InChI is InChI=1S/C17H25BO5S2/c1-16(2)17(3,4)23-18(22-16)14-7-5-13(6-8-14)15(20)21-10-12-25-24-11-9-19/h5-8,19H,9-12H2,1-4H3. The lowest BCUT2D eigenvalue weighted by atomic mass is 9.79. The maximum absolute atomic E-state index is 12.0. The molecule has 1 aliphatic heterocycles. The molecule has 25 heavy (non-hydrogen) atoms. The maximum Gasteiger partial charge on any atom is 0.494 e. The number of hydrogen-bond donors (Lipinski definition) is 1. The summed E-state index contributed by atoms with van der Waals surface area (Å²) in [6, 6.07) is 7.14. The Morgan fingerprint density at radius 2 is 1.64 bits per heavy atom. The Kier molecular flexibility index (Phi) is 7.28. The van der Waals surface area contributed by atoms with Crippen molar-refractivity contribution in [2.45, 2.75) is 38.9 Å². The molecule has 1 N–H and O–H groups in total. The number of aliphatic hydroxyl groups is 1. The van der Waals surface area contributed by atoms with Gasteiger partial charge >= 0.3 is 13.1 Å². The van der Waals surface area contributed by atoms with Crippen molar-refractivity contribution in [3.05, 3.63) is 29.8 Å². The van der Waals surface area contributed by atoms with E-state index in [0.29, 0.717) is 23.7 Å². The molecule has 1 aromatic rings. The first-order chi connectivity index (χ1) is 11.8. The van der Waals surface area contributed by atoms with Crippen LogP contribution < -0.4 is 5.46 Å². The molecule has 1 aliphatic rings. The van der Waals surface area contributed by atoms with E-state index in [1.54, 1.807) is 33.7 Å². The first-order valence-electron chi connectivity index (χ1n) is 8.25. The van der Waals surface area contributed by atoms with Gasteiger partial charge in [0.15, 0.2) is 0 Å². The molecule has 1 saturated heterocycles. The van der Waals surface area contributed by atoms with Gasteiger partial charge < -0.3 is 19.2 Å². The molecule has 0 bridgehead atoms. The molecule has 0 spiro atoms. The van der Waals surface area contributed by atoms with Crippen LogP contribution >= 0.6 is 21.6 Å². The molecule has 1 fully saturated rings. The summed E-state index contributed by atoms with van der Waals surface area (Å²) in [5.74, 6) is 1.04. The average Bonchev–Trinajstić information content (AvgIpc) is 2.78. The third-order valence-electron chi connectivity index (χ3n) is 4.33. The molecule has 138 valence electrons. The molecule has 0 aliphatic carbocycles. The first-order valence-corrected chi connectivity index (χ1v) is 10.7. The molecule has 8 heteroatoms. The summed E-state index contributed by atoms with van der Waals surface area (Å²) in [6.45, 7) is 8.55. The number of aliphatic hydroxyl groups excluding tert-OH is 1. The molecule has 0 atom stereocenters. The fourth-order valence-corrected chi connectivity index (χ4v) is 3.76. The number of hydrogen-bond acceptors (Lipinski definition) is 7. The van der Waals surface area contributed by atoms with Gasteiger partial charge in [-0.3, -0.25) is 0 Å².